The SMILES string of the molecule is Cc1c(N(CC(=O)NC(C)c2ccc(F)cc2)S(C)(=O)=O)cccc1[N+](=O)[O-]. The molecule has 0 saturated carbocycles. The molecule has 1 N–H and O–H groups in total. The highest BCUT2D eigenvalue weighted by molar-refractivity contribution is 7.92. The Morgan fingerprint density at radius 3 is 2.39 bits per heavy atom. The smallest absolute Gasteiger partial charge is 0.274 e. The van der Waals surface area contributed by atoms with E-state index in [0.717, 1.165) is 10.6 Å². The van der Waals surface area contributed by atoms with Gasteiger partial charge in [0, 0.05) is 6.07 Å². The number of amides is 1. The van der Waals surface area contributed by atoms with Gasteiger partial charge >= 0.3 is 0 Å². The molecule has 2 aromatic rings. The molecule has 0 fully saturated rings. The van der Waals surface area contributed by atoms with Crippen molar-refractivity contribution in [2.75, 3.05) is 17.1 Å². The summed E-state index contributed by atoms with van der Waals surface area (Å²) in [5.74, 6) is -1.01. The Kier molecular flexibility index (Phi) is 6.34. The van der Waals surface area contributed by atoms with E-state index in [1.807, 2.05) is 0 Å². The number of carbonyl (C=O) groups is 1. The van der Waals surface area contributed by atoms with Crippen molar-refractivity contribution < 1.29 is 22.5 Å². The maximum atomic E-state index is 13.0. The van der Waals surface area contributed by atoms with Crippen LogP contribution in [-0.2, 0) is 14.8 Å². The number of sulfonamides is 1. The second kappa shape index (κ2) is 8.34. The minimum absolute atomic E-state index is 0.0567. The van der Waals surface area contributed by atoms with Crippen molar-refractivity contribution in [2.24, 2.45) is 0 Å². The lowest BCUT2D eigenvalue weighted by Crippen LogP contribution is -2.41. The van der Waals surface area contributed by atoms with Gasteiger partial charge in [-0.15, -0.1) is 0 Å². The summed E-state index contributed by atoms with van der Waals surface area (Å²) >= 11 is 0. The van der Waals surface area contributed by atoms with Crippen molar-refractivity contribution in [2.45, 2.75) is 19.9 Å². The standard InChI is InChI=1S/C18H20FN3O5S/c1-12-16(5-4-6-17(12)22(24)25)21(28(3,26)27)11-18(23)20-13(2)14-7-9-15(19)10-8-14/h4-10,13H,11H2,1-3H3,(H,20,23). The maximum absolute atomic E-state index is 13.0. The van der Waals surface area contributed by atoms with Crippen LogP contribution in [0.5, 0.6) is 0 Å². The van der Waals surface area contributed by atoms with Gasteiger partial charge in [-0.05, 0) is 37.6 Å². The molecule has 0 aliphatic heterocycles. The Balaban J connectivity index is 2.26. The third-order valence-corrected chi connectivity index (χ3v) is 5.30. The minimum Gasteiger partial charge on any atom is -0.348 e. The van der Waals surface area contributed by atoms with Crippen LogP contribution < -0.4 is 9.62 Å². The molecule has 0 radical (unpaired) electrons. The van der Waals surface area contributed by atoms with Gasteiger partial charge in [0.05, 0.1) is 28.5 Å². The van der Waals surface area contributed by atoms with Crippen LogP contribution >= 0.6 is 0 Å². The summed E-state index contributed by atoms with van der Waals surface area (Å²) in [5.41, 5.74) is 0.594. The zero-order valence-corrected chi connectivity index (χ0v) is 16.4. The highest BCUT2D eigenvalue weighted by Gasteiger charge is 2.26. The molecule has 0 saturated heterocycles. The second-order valence-corrected chi connectivity index (χ2v) is 8.20. The first-order valence-corrected chi connectivity index (χ1v) is 10.1. The van der Waals surface area contributed by atoms with Crippen LogP contribution in [0.25, 0.3) is 0 Å². The molecular weight excluding hydrogens is 389 g/mol. The predicted octanol–water partition coefficient (Wildman–Crippen LogP) is 2.69. The number of nitro groups is 1. The first kappa shape index (κ1) is 21.3. The molecule has 0 aromatic heterocycles. The van der Waals surface area contributed by atoms with Crippen LogP contribution in [0.15, 0.2) is 42.5 Å². The van der Waals surface area contributed by atoms with Gasteiger partial charge in [0.15, 0.2) is 0 Å². The molecule has 0 bridgehead atoms. The summed E-state index contributed by atoms with van der Waals surface area (Å²) in [6.45, 7) is 2.55. The normalized spacial score (nSPS) is 12.3. The summed E-state index contributed by atoms with van der Waals surface area (Å²) in [6, 6.07) is 9.08. The van der Waals surface area contributed by atoms with Crippen molar-refractivity contribution in [3.05, 3.63) is 69.5 Å². The van der Waals surface area contributed by atoms with E-state index >= 15 is 0 Å². The zero-order valence-electron chi connectivity index (χ0n) is 15.5. The molecular formula is C18H20FN3O5S. The minimum atomic E-state index is -3.88. The summed E-state index contributed by atoms with van der Waals surface area (Å²) in [5, 5.41) is 13.8. The third-order valence-electron chi connectivity index (χ3n) is 4.18. The van der Waals surface area contributed by atoms with Crippen molar-refractivity contribution >= 4 is 27.3 Å². The van der Waals surface area contributed by atoms with E-state index < -0.39 is 39.3 Å². The molecule has 28 heavy (non-hydrogen) atoms. The lowest BCUT2D eigenvalue weighted by molar-refractivity contribution is -0.385. The lowest BCUT2D eigenvalue weighted by atomic mass is 10.1. The molecule has 10 heteroatoms. The molecule has 150 valence electrons. The molecule has 1 unspecified atom stereocenters. The summed E-state index contributed by atoms with van der Waals surface area (Å²) in [6.07, 6.45) is 0.919. The van der Waals surface area contributed by atoms with E-state index in [1.54, 1.807) is 6.92 Å². The highest BCUT2D eigenvalue weighted by Crippen LogP contribution is 2.29. The number of rotatable bonds is 7. The molecule has 0 heterocycles. The van der Waals surface area contributed by atoms with E-state index in [1.165, 1.54) is 49.4 Å². The second-order valence-electron chi connectivity index (χ2n) is 6.29. The lowest BCUT2D eigenvalue weighted by Gasteiger charge is -2.24. The Bertz CT molecular complexity index is 993. The van der Waals surface area contributed by atoms with E-state index in [-0.39, 0.29) is 16.9 Å². The fourth-order valence-corrected chi connectivity index (χ4v) is 3.62. The van der Waals surface area contributed by atoms with Crippen LogP contribution in [0.4, 0.5) is 15.8 Å². The van der Waals surface area contributed by atoms with E-state index in [0.29, 0.717) is 5.56 Å². The predicted molar refractivity (Wildman–Crippen MR) is 103 cm³/mol. The Morgan fingerprint density at radius 1 is 1.25 bits per heavy atom. The molecule has 1 amide bonds. The average Bonchev–Trinajstić information content (AvgIpc) is 2.59. The van der Waals surface area contributed by atoms with Gasteiger partial charge in [0.25, 0.3) is 5.69 Å². The number of halogens is 1. The molecule has 1 atom stereocenters. The van der Waals surface area contributed by atoms with Crippen molar-refractivity contribution in [3.63, 3.8) is 0 Å². The van der Waals surface area contributed by atoms with Crippen molar-refractivity contribution in [3.8, 4) is 0 Å². The largest absolute Gasteiger partial charge is 0.348 e. The summed E-state index contributed by atoms with van der Waals surface area (Å²) in [4.78, 5) is 22.9. The molecule has 8 nitrogen and oxygen atoms in total. The topological polar surface area (TPSA) is 110 Å². The third kappa shape index (κ3) is 5.03. The Morgan fingerprint density at radius 2 is 1.86 bits per heavy atom. The van der Waals surface area contributed by atoms with Crippen molar-refractivity contribution in [1.82, 2.24) is 5.32 Å². The quantitative estimate of drug-likeness (QED) is 0.558. The number of nitrogens with one attached hydrogen (secondary N) is 1. The number of hydrogen-bond donors (Lipinski definition) is 1. The fraction of sp³-hybridized carbons (Fsp3) is 0.278. The van der Waals surface area contributed by atoms with E-state index in [4.69, 9.17) is 0 Å². The average molecular weight is 409 g/mol. The fourth-order valence-electron chi connectivity index (χ4n) is 2.71. The van der Waals surface area contributed by atoms with E-state index in [2.05, 4.69) is 5.32 Å². The Labute approximate surface area is 162 Å². The molecule has 2 aromatic carbocycles. The number of carbonyl (C=O) groups excluding carboxylic acids is 1. The highest BCUT2D eigenvalue weighted by atomic mass is 32.2. The van der Waals surface area contributed by atoms with Crippen molar-refractivity contribution in [1.29, 1.82) is 0 Å². The zero-order chi connectivity index (χ0) is 21.1. The number of benzene rings is 2. The molecule has 0 aliphatic rings. The number of hydrogen-bond acceptors (Lipinski definition) is 5. The number of nitrogens with zero attached hydrogens (tertiary/aromatic N) is 2. The van der Waals surface area contributed by atoms with Gasteiger partial charge in [-0.25, -0.2) is 12.8 Å². The monoisotopic (exact) mass is 409 g/mol. The van der Waals surface area contributed by atoms with Crippen LogP contribution in [0.2, 0.25) is 0 Å². The summed E-state index contributed by atoms with van der Waals surface area (Å²) in [7, 11) is -3.88. The van der Waals surface area contributed by atoms with Gasteiger partial charge in [0.1, 0.15) is 12.4 Å². The van der Waals surface area contributed by atoms with Gasteiger partial charge in [-0.3, -0.25) is 19.2 Å². The van der Waals surface area contributed by atoms with Crippen LogP contribution in [0.3, 0.4) is 0 Å². The first-order chi connectivity index (χ1) is 13.0. The Hall–Kier alpha value is -3.01. The van der Waals surface area contributed by atoms with Crippen LogP contribution in [0.1, 0.15) is 24.1 Å². The first-order valence-electron chi connectivity index (χ1n) is 8.27. The number of nitro benzene ring substituents is 1. The maximum Gasteiger partial charge on any atom is 0.274 e. The summed E-state index contributed by atoms with van der Waals surface area (Å²) < 4.78 is 38.3. The molecule has 2 rings (SSSR count). The van der Waals surface area contributed by atoms with E-state index in [9.17, 15) is 27.7 Å². The van der Waals surface area contributed by atoms with Gasteiger partial charge < -0.3 is 5.32 Å². The van der Waals surface area contributed by atoms with Crippen LogP contribution in [0, 0.1) is 22.9 Å². The van der Waals surface area contributed by atoms with Gasteiger partial charge in [-0.1, -0.05) is 18.2 Å². The van der Waals surface area contributed by atoms with Gasteiger partial charge in [-0.2, -0.15) is 0 Å². The van der Waals surface area contributed by atoms with Gasteiger partial charge in [0.2, 0.25) is 15.9 Å². The number of anilines is 1. The molecule has 0 spiro atoms. The molecule has 0 aliphatic carbocycles. The van der Waals surface area contributed by atoms with Crippen LogP contribution in [-0.4, -0.2) is 32.0 Å².